The van der Waals surface area contributed by atoms with Gasteiger partial charge in [0, 0.05) is 5.70 Å². The van der Waals surface area contributed by atoms with Crippen LogP contribution in [-0.2, 0) is 0 Å². The van der Waals surface area contributed by atoms with Crippen molar-refractivity contribution in [3.8, 4) is 0 Å². The van der Waals surface area contributed by atoms with E-state index in [1.54, 1.807) is 0 Å². The van der Waals surface area contributed by atoms with Gasteiger partial charge in [0.1, 0.15) is 0 Å². The fourth-order valence-electron chi connectivity index (χ4n) is 2.03. The van der Waals surface area contributed by atoms with Crippen molar-refractivity contribution in [2.75, 3.05) is 0 Å². The van der Waals surface area contributed by atoms with Crippen LogP contribution in [0.15, 0.2) is 11.8 Å². The minimum atomic E-state index is 0.852. The molecule has 1 aliphatic rings. The van der Waals surface area contributed by atoms with Crippen LogP contribution in [-0.4, -0.2) is 0 Å². The molecule has 0 aromatic rings. The summed E-state index contributed by atoms with van der Waals surface area (Å²) < 4.78 is 0. The van der Waals surface area contributed by atoms with Gasteiger partial charge in [0.15, 0.2) is 0 Å². The number of hydrogen-bond acceptors (Lipinski definition) is 1. The Labute approximate surface area is 69.7 Å². The van der Waals surface area contributed by atoms with Crippen molar-refractivity contribution in [1.29, 1.82) is 0 Å². The Balaban J connectivity index is 2.55. The molecule has 0 amide bonds. The smallest absolute Gasteiger partial charge is 0.00429 e. The van der Waals surface area contributed by atoms with Crippen LogP contribution >= 0.6 is 0 Å². The van der Waals surface area contributed by atoms with Gasteiger partial charge in [0.05, 0.1) is 0 Å². The maximum absolute atomic E-state index is 5.78. The highest BCUT2D eigenvalue weighted by Gasteiger charge is 2.21. The topological polar surface area (TPSA) is 26.0 Å². The van der Waals surface area contributed by atoms with Gasteiger partial charge in [-0.25, -0.2) is 0 Å². The lowest BCUT2D eigenvalue weighted by Crippen LogP contribution is -2.20. The van der Waals surface area contributed by atoms with Crippen LogP contribution in [0.2, 0.25) is 0 Å². The number of nitrogens with two attached hydrogens (primary N) is 1. The zero-order valence-corrected chi connectivity index (χ0v) is 7.64. The van der Waals surface area contributed by atoms with Gasteiger partial charge in [-0.2, -0.15) is 0 Å². The molecule has 2 N–H and O–H groups in total. The summed E-state index contributed by atoms with van der Waals surface area (Å²) in [5, 5.41) is 0. The summed E-state index contributed by atoms with van der Waals surface area (Å²) in [5.41, 5.74) is 6.89. The molecule has 2 atom stereocenters. The molecule has 0 bridgehead atoms. The number of allylic oxidation sites excluding steroid dienone is 2. The third-order valence-corrected chi connectivity index (χ3v) is 2.90. The fraction of sp³-hybridized carbons (Fsp3) is 0.800. The molecule has 11 heavy (non-hydrogen) atoms. The molecule has 0 saturated heterocycles. The molecule has 64 valence electrons. The summed E-state index contributed by atoms with van der Waals surface area (Å²) in [6.45, 7) is 4.55. The first kappa shape index (κ1) is 8.63. The average molecular weight is 153 g/mol. The summed E-state index contributed by atoms with van der Waals surface area (Å²) in [4.78, 5) is 0. The van der Waals surface area contributed by atoms with Gasteiger partial charge < -0.3 is 5.73 Å². The van der Waals surface area contributed by atoms with Crippen molar-refractivity contribution in [3.05, 3.63) is 11.8 Å². The van der Waals surface area contributed by atoms with Crippen molar-refractivity contribution in [1.82, 2.24) is 0 Å². The van der Waals surface area contributed by atoms with Crippen molar-refractivity contribution in [2.24, 2.45) is 17.6 Å². The van der Waals surface area contributed by atoms with Crippen LogP contribution in [0, 0.1) is 11.8 Å². The molecular formula is C10H19N. The maximum atomic E-state index is 5.78. The average Bonchev–Trinajstić information content (AvgIpc) is 2.04. The Morgan fingerprint density at radius 1 is 1.36 bits per heavy atom. The van der Waals surface area contributed by atoms with Gasteiger partial charge in [0.2, 0.25) is 0 Å². The van der Waals surface area contributed by atoms with Crippen LogP contribution in [0.25, 0.3) is 0 Å². The Hall–Kier alpha value is -0.460. The number of hydrogen-bond donors (Lipinski definition) is 1. The zero-order valence-electron chi connectivity index (χ0n) is 7.64. The van der Waals surface area contributed by atoms with Crippen molar-refractivity contribution in [2.45, 2.75) is 39.5 Å². The molecule has 0 spiro atoms. The Bertz CT molecular complexity index is 149. The number of rotatable bonds is 2. The highest BCUT2D eigenvalue weighted by molar-refractivity contribution is 5.04. The first-order chi connectivity index (χ1) is 5.27. The first-order valence-corrected chi connectivity index (χ1v) is 4.72. The molecule has 1 rings (SSSR count). The van der Waals surface area contributed by atoms with E-state index >= 15 is 0 Å². The second kappa shape index (κ2) is 3.80. The normalized spacial score (nSPS) is 31.6. The molecule has 0 heterocycles. The van der Waals surface area contributed by atoms with Gasteiger partial charge >= 0.3 is 0 Å². The summed E-state index contributed by atoms with van der Waals surface area (Å²) in [6, 6.07) is 0. The Kier molecular flexibility index (Phi) is 2.98. The molecule has 1 aliphatic carbocycles. The minimum Gasteiger partial charge on any atom is -0.402 e. The van der Waals surface area contributed by atoms with Crippen molar-refractivity contribution >= 4 is 0 Å². The van der Waals surface area contributed by atoms with E-state index in [1.807, 2.05) is 0 Å². The summed E-state index contributed by atoms with van der Waals surface area (Å²) in [5.74, 6) is 1.75. The van der Waals surface area contributed by atoms with E-state index in [0.717, 1.165) is 24.0 Å². The second-order valence-electron chi connectivity index (χ2n) is 3.56. The maximum Gasteiger partial charge on any atom is 0.00429 e. The molecule has 1 nitrogen and oxygen atoms in total. The van der Waals surface area contributed by atoms with E-state index < -0.39 is 0 Å². The van der Waals surface area contributed by atoms with E-state index in [-0.39, 0.29) is 0 Å². The molecule has 0 saturated carbocycles. The fourth-order valence-corrected chi connectivity index (χ4v) is 2.03. The quantitative estimate of drug-likeness (QED) is 0.648. The SMILES string of the molecule is CCC1CC=C(N)CC1CC. The first-order valence-electron chi connectivity index (χ1n) is 4.72. The van der Waals surface area contributed by atoms with E-state index in [0.29, 0.717) is 0 Å². The molecule has 0 aromatic heterocycles. The van der Waals surface area contributed by atoms with Crippen LogP contribution in [0.4, 0.5) is 0 Å². The third kappa shape index (κ3) is 1.98. The monoisotopic (exact) mass is 153 g/mol. The van der Waals surface area contributed by atoms with E-state index in [2.05, 4.69) is 19.9 Å². The van der Waals surface area contributed by atoms with Crippen molar-refractivity contribution < 1.29 is 0 Å². The summed E-state index contributed by atoms with van der Waals surface area (Å²) in [7, 11) is 0. The van der Waals surface area contributed by atoms with Crippen LogP contribution in [0.5, 0.6) is 0 Å². The molecule has 1 heteroatoms. The predicted octanol–water partition coefficient (Wildman–Crippen LogP) is 2.68. The summed E-state index contributed by atoms with van der Waals surface area (Å²) >= 11 is 0. The molecule has 0 radical (unpaired) electrons. The van der Waals surface area contributed by atoms with Gasteiger partial charge in [-0.15, -0.1) is 0 Å². The van der Waals surface area contributed by atoms with Crippen molar-refractivity contribution in [3.63, 3.8) is 0 Å². The summed E-state index contributed by atoms with van der Waals surface area (Å²) in [6.07, 6.45) is 7.14. The van der Waals surface area contributed by atoms with Gasteiger partial charge in [-0.3, -0.25) is 0 Å². The van der Waals surface area contributed by atoms with Crippen LogP contribution in [0.1, 0.15) is 39.5 Å². The highest BCUT2D eigenvalue weighted by Crippen LogP contribution is 2.31. The molecule has 0 aliphatic heterocycles. The standard InChI is InChI=1S/C10H19N/c1-3-8-5-6-10(11)7-9(8)4-2/h6,8-9H,3-5,7,11H2,1-2H3. The Morgan fingerprint density at radius 2 is 2.00 bits per heavy atom. The van der Waals surface area contributed by atoms with E-state index in [9.17, 15) is 0 Å². The Morgan fingerprint density at radius 3 is 2.55 bits per heavy atom. The highest BCUT2D eigenvalue weighted by atomic mass is 14.6. The largest absolute Gasteiger partial charge is 0.402 e. The third-order valence-electron chi connectivity index (χ3n) is 2.90. The lowest BCUT2D eigenvalue weighted by molar-refractivity contribution is 0.296. The second-order valence-corrected chi connectivity index (χ2v) is 3.56. The lowest BCUT2D eigenvalue weighted by Gasteiger charge is -2.28. The van der Waals surface area contributed by atoms with Crippen LogP contribution in [0.3, 0.4) is 0 Å². The zero-order chi connectivity index (χ0) is 8.27. The van der Waals surface area contributed by atoms with Gasteiger partial charge in [0.25, 0.3) is 0 Å². The minimum absolute atomic E-state index is 0.852. The lowest BCUT2D eigenvalue weighted by atomic mass is 9.79. The van der Waals surface area contributed by atoms with Gasteiger partial charge in [-0.1, -0.05) is 32.8 Å². The molecule has 0 fully saturated rings. The predicted molar refractivity (Wildman–Crippen MR) is 49.1 cm³/mol. The molecule has 0 aromatic carbocycles. The van der Waals surface area contributed by atoms with Gasteiger partial charge in [-0.05, 0) is 24.7 Å². The molecule has 2 unspecified atom stereocenters. The van der Waals surface area contributed by atoms with Crippen LogP contribution < -0.4 is 5.73 Å². The van der Waals surface area contributed by atoms with E-state index in [1.165, 1.54) is 19.3 Å². The van der Waals surface area contributed by atoms with E-state index in [4.69, 9.17) is 5.73 Å². The molecular weight excluding hydrogens is 134 g/mol.